The molecule has 0 aromatic carbocycles. The van der Waals surface area contributed by atoms with Gasteiger partial charge in [0.15, 0.2) is 0 Å². The lowest BCUT2D eigenvalue weighted by Crippen LogP contribution is -2.34. The van der Waals surface area contributed by atoms with Crippen LogP contribution in [-0.4, -0.2) is 18.8 Å². The summed E-state index contributed by atoms with van der Waals surface area (Å²) in [5.74, 6) is 0.772. The topological polar surface area (TPSA) is 35.2 Å². The Kier molecular flexibility index (Phi) is 8.07. The smallest absolute Gasteiger partial charge is 0.0689 e. The van der Waals surface area contributed by atoms with Crippen LogP contribution >= 0.6 is 0 Å². The summed E-state index contributed by atoms with van der Waals surface area (Å²) in [5, 5.41) is 0. The van der Waals surface area contributed by atoms with E-state index in [0.29, 0.717) is 0 Å². The van der Waals surface area contributed by atoms with Crippen molar-refractivity contribution in [1.29, 1.82) is 0 Å². The van der Waals surface area contributed by atoms with Gasteiger partial charge in [-0.15, -0.1) is 0 Å². The first-order valence-electron chi connectivity index (χ1n) is 6.48. The molecule has 0 aliphatic heterocycles. The van der Waals surface area contributed by atoms with Crippen LogP contribution in [0.25, 0.3) is 0 Å². The molecule has 0 saturated carbocycles. The molecule has 2 nitrogen and oxygen atoms in total. The molecule has 0 rings (SSSR count). The minimum atomic E-state index is 0.0439. The van der Waals surface area contributed by atoms with E-state index in [4.69, 9.17) is 10.5 Å². The van der Waals surface area contributed by atoms with E-state index in [9.17, 15) is 0 Å². The van der Waals surface area contributed by atoms with Gasteiger partial charge in [-0.3, -0.25) is 0 Å². The molecule has 0 bridgehead atoms. The maximum Gasteiger partial charge on any atom is 0.0689 e. The quantitative estimate of drug-likeness (QED) is 0.640. The summed E-state index contributed by atoms with van der Waals surface area (Å²) in [5.41, 5.74) is 5.69. The molecule has 0 spiro atoms. The zero-order valence-electron chi connectivity index (χ0n) is 11.0. The van der Waals surface area contributed by atoms with Gasteiger partial charge in [-0.2, -0.15) is 0 Å². The number of hydrogen-bond acceptors (Lipinski definition) is 2. The molecule has 0 heterocycles. The Labute approximate surface area is 95.6 Å². The molecule has 1 unspecified atom stereocenters. The van der Waals surface area contributed by atoms with E-state index in [1.54, 1.807) is 0 Å². The lowest BCUT2D eigenvalue weighted by Gasteiger charge is -2.32. The standard InChI is InChI=1S/C13H29NO/c1-5-12(4)8-11-15-13(6-2,7-3)9-10-14/h12H,5-11,14H2,1-4H3. The molecule has 0 radical (unpaired) electrons. The average Bonchev–Trinajstić information content (AvgIpc) is 2.27. The van der Waals surface area contributed by atoms with Crippen LogP contribution in [0.1, 0.15) is 59.8 Å². The van der Waals surface area contributed by atoms with Crippen molar-refractivity contribution < 1.29 is 4.74 Å². The molecule has 0 aromatic heterocycles. The molecule has 2 N–H and O–H groups in total. The normalized spacial score (nSPS) is 14.2. The van der Waals surface area contributed by atoms with Gasteiger partial charge in [0.2, 0.25) is 0 Å². The lowest BCUT2D eigenvalue weighted by atomic mass is 9.93. The molecule has 1 atom stereocenters. The van der Waals surface area contributed by atoms with E-state index in [2.05, 4.69) is 27.7 Å². The SMILES string of the molecule is CCC(C)CCOC(CC)(CC)CCN. The van der Waals surface area contributed by atoms with Gasteiger partial charge in [0.25, 0.3) is 0 Å². The van der Waals surface area contributed by atoms with Crippen LogP contribution in [0.2, 0.25) is 0 Å². The van der Waals surface area contributed by atoms with E-state index in [1.807, 2.05) is 0 Å². The fraction of sp³-hybridized carbons (Fsp3) is 1.00. The van der Waals surface area contributed by atoms with Crippen LogP contribution in [0, 0.1) is 5.92 Å². The third kappa shape index (κ3) is 5.53. The fourth-order valence-electron chi connectivity index (χ4n) is 1.82. The Morgan fingerprint density at radius 2 is 1.80 bits per heavy atom. The first-order chi connectivity index (χ1) is 7.14. The molecule has 0 amide bonds. The van der Waals surface area contributed by atoms with Gasteiger partial charge in [-0.1, -0.05) is 34.1 Å². The molecule has 0 aromatic rings. The highest BCUT2D eigenvalue weighted by Gasteiger charge is 2.25. The molecule has 2 heteroatoms. The van der Waals surface area contributed by atoms with Crippen molar-refractivity contribution in [1.82, 2.24) is 0 Å². The highest BCUT2D eigenvalue weighted by Crippen LogP contribution is 2.25. The Balaban J connectivity index is 3.94. The zero-order valence-corrected chi connectivity index (χ0v) is 11.0. The number of ether oxygens (including phenoxy) is 1. The Bertz CT molecular complexity index is 143. The van der Waals surface area contributed by atoms with Crippen molar-refractivity contribution in [3.05, 3.63) is 0 Å². The van der Waals surface area contributed by atoms with E-state index >= 15 is 0 Å². The largest absolute Gasteiger partial charge is 0.375 e. The minimum absolute atomic E-state index is 0.0439. The molecule has 15 heavy (non-hydrogen) atoms. The van der Waals surface area contributed by atoms with Crippen LogP contribution in [0.4, 0.5) is 0 Å². The van der Waals surface area contributed by atoms with Gasteiger partial charge in [-0.05, 0) is 38.1 Å². The van der Waals surface area contributed by atoms with Crippen molar-refractivity contribution in [3.63, 3.8) is 0 Å². The predicted octanol–water partition coefficient (Wildman–Crippen LogP) is 3.35. The Morgan fingerprint density at radius 3 is 2.20 bits per heavy atom. The van der Waals surface area contributed by atoms with Crippen molar-refractivity contribution >= 4 is 0 Å². The maximum absolute atomic E-state index is 6.06. The maximum atomic E-state index is 6.06. The first kappa shape index (κ1) is 14.9. The van der Waals surface area contributed by atoms with Crippen LogP contribution < -0.4 is 5.73 Å². The molecular weight excluding hydrogens is 186 g/mol. The van der Waals surface area contributed by atoms with Crippen LogP contribution in [0.3, 0.4) is 0 Å². The monoisotopic (exact) mass is 215 g/mol. The summed E-state index contributed by atoms with van der Waals surface area (Å²) in [6.07, 6.45) is 5.54. The number of nitrogens with two attached hydrogens (primary N) is 1. The van der Waals surface area contributed by atoms with E-state index in [-0.39, 0.29) is 5.60 Å². The number of rotatable bonds is 9. The summed E-state index contributed by atoms with van der Waals surface area (Å²) in [4.78, 5) is 0. The molecule has 0 saturated heterocycles. The molecule has 0 fully saturated rings. The highest BCUT2D eigenvalue weighted by atomic mass is 16.5. The molecular formula is C13H29NO. The van der Waals surface area contributed by atoms with Gasteiger partial charge in [0.1, 0.15) is 0 Å². The van der Waals surface area contributed by atoms with Crippen molar-refractivity contribution in [2.45, 2.75) is 65.4 Å². The van der Waals surface area contributed by atoms with E-state index in [0.717, 1.165) is 38.3 Å². The lowest BCUT2D eigenvalue weighted by molar-refractivity contribution is -0.0596. The van der Waals surface area contributed by atoms with Gasteiger partial charge in [0.05, 0.1) is 5.60 Å². The Morgan fingerprint density at radius 1 is 1.20 bits per heavy atom. The fourth-order valence-corrected chi connectivity index (χ4v) is 1.82. The molecule has 92 valence electrons. The van der Waals surface area contributed by atoms with Gasteiger partial charge >= 0.3 is 0 Å². The summed E-state index contributed by atoms with van der Waals surface area (Å²) in [6.45, 7) is 10.5. The van der Waals surface area contributed by atoms with Gasteiger partial charge < -0.3 is 10.5 Å². The van der Waals surface area contributed by atoms with Crippen LogP contribution in [0.5, 0.6) is 0 Å². The second-order valence-electron chi connectivity index (χ2n) is 4.58. The first-order valence-corrected chi connectivity index (χ1v) is 6.48. The van der Waals surface area contributed by atoms with Crippen LogP contribution in [0.15, 0.2) is 0 Å². The van der Waals surface area contributed by atoms with Crippen LogP contribution in [-0.2, 0) is 4.74 Å². The van der Waals surface area contributed by atoms with E-state index < -0.39 is 0 Å². The zero-order chi connectivity index (χ0) is 11.7. The summed E-state index contributed by atoms with van der Waals surface area (Å²) >= 11 is 0. The van der Waals surface area contributed by atoms with Gasteiger partial charge in [-0.25, -0.2) is 0 Å². The Hall–Kier alpha value is -0.0800. The number of hydrogen-bond donors (Lipinski definition) is 1. The second-order valence-corrected chi connectivity index (χ2v) is 4.58. The van der Waals surface area contributed by atoms with Crippen molar-refractivity contribution in [3.8, 4) is 0 Å². The summed E-state index contributed by atoms with van der Waals surface area (Å²) in [7, 11) is 0. The third-order valence-corrected chi connectivity index (χ3v) is 3.60. The summed E-state index contributed by atoms with van der Waals surface area (Å²) in [6, 6.07) is 0. The van der Waals surface area contributed by atoms with E-state index in [1.165, 1.54) is 12.8 Å². The van der Waals surface area contributed by atoms with Gasteiger partial charge in [0, 0.05) is 6.61 Å². The minimum Gasteiger partial charge on any atom is -0.375 e. The molecule has 0 aliphatic rings. The third-order valence-electron chi connectivity index (χ3n) is 3.60. The molecule has 0 aliphatic carbocycles. The average molecular weight is 215 g/mol. The summed E-state index contributed by atoms with van der Waals surface area (Å²) < 4.78 is 6.06. The predicted molar refractivity (Wildman–Crippen MR) is 67.0 cm³/mol. The van der Waals surface area contributed by atoms with Crippen molar-refractivity contribution in [2.24, 2.45) is 11.7 Å². The highest BCUT2D eigenvalue weighted by molar-refractivity contribution is 4.78. The van der Waals surface area contributed by atoms with Crippen molar-refractivity contribution in [2.75, 3.05) is 13.2 Å². The second kappa shape index (κ2) is 8.12.